The van der Waals surface area contributed by atoms with Crippen molar-refractivity contribution in [2.75, 3.05) is 13.2 Å². The number of fused-ring (bicyclic) bond motifs is 1. The standard InChI is InChI=1S/C31H37N3O3/c1-5-23(3)25-13-15-26(16-14-25)36-18-8-17-34-28-10-7-6-9-27(28)33-30(34)20-32-31(35)21-37-29-19-22(2)11-12-24(29)4/h6-7,9-16,19,23H,5,8,17-18,20-21H2,1-4H3,(H,32,35). The number of hydrogen-bond donors (Lipinski definition) is 1. The van der Waals surface area contributed by atoms with Crippen LogP contribution < -0.4 is 14.8 Å². The van der Waals surface area contributed by atoms with Gasteiger partial charge >= 0.3 is 0 Å². The quantitative estimate of drug-likeness (QED) is 0.231. The lowest BCUT2D eigenvalue weighted by Crippen LogP contribution is -2.29. The SMILES string of the molecule is CCC(C)c1ccc(OCCCn2c(CNC(=O)COc3cc(C)ccc3C)nc3ccccc32)cc1. The van der Waals surface area contributed by atoms with Crippen LogP contribution in [-0.4, -0.2) is 28.7 Å². The molecule has 0 bridgehead atoms. The Morgan fingerprint density at radius 3 is 2.59 bits per heavy atom. The number of aryl methyl sites for hydroxylation is 3. The molecular formula is C31H37N3O3. The van der Waals surface area contributed by atoms with E-state index in [-0.39, 0.29) is 12.5 Å². The Morgan fingerprint density at radius 2 is 1.81 bits per heavy atom. The second-order valence-corrected chi connectivity index (χ2v) is 9.58. The first-order valence-electron chi connectivity index (χ1n) is 13.1. The molecule has 0 aliphatic rings. The number of carbonyl (C=O) groups excluding carboxylic acids is 1. The summed E-state index contributed by atoms with van der Waals surface area (Å²) in [4.78, 5) is 17.3. The molecule has 1 unspecified atom stereocenters. The van der Waals surface area contributed by atoms with E-state index >= 15 is 0 Å². The van der Waals surface area contributed by atoms with E-state index in [2.05, 4.69) is 54.1 Å². The van der Waals surface area contributed by atoms with Gasteiger partial charge in [0.2, 0.25) is 0 Å². The summed E-state index contributed by atoms with van der Waals surface area (Å²) in [6.07, 6.45) is 1.95. The number of carbonyl (C=O) groups is 1. The second kappa shape index (κ2) is 12.4. The average molecular weight is 500 g/mol. The number of para-hydroxylation sites is 2. The highest BCUT2D eigenvalue weighted by molar-refractivity contribution is 5.78. The summed E-state index contributed by atoms with van der Waals surface area (Å²) in [5.74, 6) is 2.82. The Labute approximate surface area is 219 Å². The van der Waals surface area contributed by atoms with Gasteiger partial charge in [0.25, 0.3) is 5.91 Å². The number of hydrogen-bond acceptors (Lipinski definition) is 4. The summed E-state index contributed by atoms with van der Waals surface area (Å²) in [6.45, 7) is 10.1. The third-order valence-corrected chi connectivity index (χ3v) is 6.74. The van der Waals surface area contributed by atoms with Crippen molar-refractivity contribution in [1.29, 1.82) is 0 Å². The summed E-state index contributed by atoms with van der Waals surface area (Å²) in [7, 11) is 0. The van der Waals surface area contributed by atoms with Crippen LogP contribution in [0.1, 0.15) is 55.1 Å². The Kier molecular flexibility index (Phi) is 8.83. The first-order valence-corrected chi connectivity index (χ1v) is 13.1. The van der Waals surface area contributed by atoms with Crippen LogP contribution >= 0.6 is 0 Å². The Hall–Kier alpha value is -3.80. The number of ether oxygens (including phenoxy) is 2. The van der Waals surface area contributed by atoms with E-state index in [0.717, 1.165) is 58.9 Å². The molecule has 1 atom stereocenters. The van der Waals surface area contributed by atoms with E-state index in [1.165, 1.54) is 5.56 Å². The fraction of sp³-hybridized carbons (Fsp3) is 0.355. The van der Waals surface area contributed by atoms with Gasteiger partial charge in [0, 0.05) is 6.54 Å². The lowest BCUT2D eigenvalue weighted by Gasteiger charge is -2.13. The molecule has 0 saturated heterocycles. The predicted octanol–water partition coefficient (Wildman–Crippen LogP) is 6.33. The molecule has 1 heterocycles. The zero-order valence-corrected chi connectivity index (χ0v) is 22.3. The summed E-state index contributed by atoms with van der Waals surface area (Å²) < 4.78 is 13.9. The van der Waals surface area contributed by atoms with Gasteiger partial charge in [-0.3, -0.25) is 4.79 Å². The highest BCUT2D eigenvalue weighted by atomic mass is 16.5. The summed E-state index contributed by atoms with van der Waals surface area (Å²) in [5, 5.41) is 2.96. The zero-order valence-electron chi connectivity index (χ0n) is 22.3. The summed E-state index contributed by atoms with van der Waals surface area (Å²) in [6, 6.07) is 22.4. The number of rotatable bonds is 12. The van der Waals surface area contributed by atoms with Gasteiger partial charge in [0.1, 0.15) is 17.3 Å². The topological polar surface area (TPSA) is 65.4 Å². The van der Waals surface area contributed by atoms with Gasteiger partial charge in [-0.2, -0.15) is 0 Å². The molecule has 0 saturated carbocycles. The van der Waals surface area contributed by atoms with Crippen molar-refractivity contribution in [1.82, 2.24) is 14.9 Å². The van der Waals surface area contributed by atoms with Crippen LogP contribution in [0.3, 0.4) is 0 Å². The van der Waals surface area contributed by atoms with E-state index in [1.807, 2.05) is 50.2 Å². The minimum atomic E-state index is -0.177. The summed E-state index contributed by atoms with van der Waals surface area (Å²) in [5.41, 5.74) is 5.41. The largest absolute Gasteiger partial charge is 0.494 e. The van der Waals surface area contributed by atoms with Crippen molar-refractivity contribution in [2.24, 2.45) is 0 Å². The van der Waals surface area contributed by atoms with Crippen molar-refractivity contribution >= 4 is 16.9 Å². The molecule has 0 fully saturated rings. The van der Waals surface area contributed by atoms with E-state index in [1.54, 1.807) is 0 Å². The van der Waals surface area contributed by atoms with E-state index in [9.17, 15) is 4.79 Å². The molecule has 194 valence electrons. The van der Waals surface area contributed by atoms with Crippen molar-refractivity contribution in [3.8, 4) is 11.5 Å². The Balaban J connectivity index is 1.33. The molecule has 4 rings (SSSR count). The van der Waals surface area contributed by atoms with Crippen LogP contribution in [0.25, 0.3) is 11.0 Å². The van der Waals surface area contributed by atoms with Crippen LogP contribution in [0.5, 0.6) is 11.5 Å². The molecule has 4 aromatic rings. The van der Waals surface area contributed by atoms with E-state index in [0.29, 0.717) is 19.1 Å². The van der Waals surface area contributed by atoms with Gasteiger partial charge < -0.3 is 19.4 Å². The van der Waals surface area contributed by atoms with Crippen LogP contribution in [0.2, 0.25) is 0 Å². The van der Waals surface area contributed by atoms with Gasteiger partial charge in [-0.1, -0.05) is 50.2 Å². The number of amides is 1. The number of benzene rings is 3. The van der Waals surface area contributed by atoms with Gasteiger partial charge in [0.15, 0.2) is 6.61 Å². The molecule has 0 spiro atoms. The fourth-order valence-corrected chi connectivity index (χ4v) is 4.29. The molecular weight excluding hydrogens is 462 g/mol. The highest BCUT2D eigenvalue weighted by Crippen LogP contribution is 2.22. The average Bonchev–Trinajstić information content (AvgIpc) is 3.27. The molecule has 1 N–H and O–H groups in total. The van der Waals surface area contributed by atoms with Gasteiger partial charge in [0.05, 0.1) is 24.2 Å². The first kappa shape index (κ1) is 26.3. The Morgan fingerprint density at radius 1 is 1.03 bits per heavy atom. The van der Waals surface area contributed by atoms with Crippen LogP contribution in [0, 0.1) is 13.8 Å². The maximum Gasteiger partial charge on any atom is 0.258 e. The van der Waals surface area contributed by atoms with Crippen molar-refractivity contribution in [3.05, 3.63) is 89.2 Å². The third kappa shape index (κ3) is 6.91. The molecule has 0 aliphatic carbocycles. The summed E-state index contributed by atoms with van der Waals surface area (Å²) >= 11 is 0. The van der Waals surface area contributed by atoms with Gasteiger partial charge in [-0.15, -0.1) is 0 Å². The normalized spacial score (nSPS) is 11.9. The molecule has 37 heavy (non-hydrogen) atoms. The zero-order chi connectivity index (χ0) is 26.2. The highest BCUT2D eigenvalue weighted by Gasteiger charge is 2.12. The lowest BCUT2D eigenvalue weighted by atomic mass is 9.99. The molecule has 1 amide bonds. The predicted molar refractivity (Wildman–Crippen MR) is 148 cm³/mol. The number of aromatic nitrogens is 2. The molecule has 1 aromatic heterocycles. The minimum absolute atomic E-state index is 0.0335. The lowest BCUT2D eigenvalue weighted by molar-refractivity contribution is -0.123. The molecule has 6 heteroatoms. The second-order valence-electron chi connectivity index (χ2n) is 9.58. The van der Waals surface area contributed by atoms with E-state index < -0.39 is 0 Å². The minimum Gasteiger partial charge on any atom is -0.494 e. The van der Waals surface area contributed by atoms with E-state index in [4.69, 9.17) is 14.5 Å². The number of imidazole rings is 1. The van der Waals surface area contributed by atoms with Crippen molar-refractivity contribution in [2.45, 2.75) is 59.5 Å². The molecule has 6 nitrogen and oxygen atoms in total. The van der Waals surface area contributed by atoms with Crippen LogP contribution in [-0.2, 0) is 17.9 Å². The molecule has 0 aliphatic heterocycles. The third-order valence-electron chi connectivity index (χ3n) is 6.74. The number of nitrogens with zero attached hydrogens (tertiary/aromatic N) is 2. The van der Waals surface area contributed by atoms with Crippen LogP contribution in [0.4, 0.5) is 0 Å². The molecule has 0 radical (unpaired) electrons. The fourth-order valence-electron chi connectivity index (χ4n) is 4.29. The van der Waals surface area contributed by atoms with Gasteiger partial charge in [-0.25, -0.2) is 4.98 Å². The number of nitrogens with one attached hydrogen (secondary N) is 1. The smallest absolute Gasteiger partial charge is 0.258 e. The van der Waals surface area contributed by atoms with Crippen molar-refractivity contribution < 1.29 is 14.3 Å². The maximum absolute atomic E-state index is 12.5. The monoisotopic (exact) mass is 499 g/mol. The van der Waals surface area contributed by atoms with Crippen LogP contribution in [0.15, 0.2) is 66.7 Å². The van der Waals surface area contributed by atoms with Crippen molar-refractivity contribution in [3.63, 3.8) is 0 Å². The van der Waals surface area contributed by atoms with Gasteiger partial charge in [-0.05, 0) is 79.6 Å². The Bertz CT molecular complexity index is 1330. The first-order chi connectivity index (χ1) is 17.9. The molecule has 3 aromatic carbocycles. The maximum atomic E-state index is 12.5.